The van der Waals surface area contributed by atoms with Gasteiger partial charge in [0.25, 0.3) is 0 Å². The predicted molar refractivity (Wildman–Crippen MR) is 104 cm³/mol. The molecule has 2 saturated heterocycles. The summed E-state index contributed by atoms with van der Waals surface area (Å²) in [7, 11) is 0. The monoisotopic (exact) mass is 439 g/mol. The number of carbonyl (C=O) groups is 1. The standard InChI is InChI=1S/C23H22F5NO2/c24-22(25,26)23(27,28)31-20-10-6-16(7-11-20)21(30)17-12-18-8-9-19(13-17)29(18)14-15-4-2-1-3-5-15/h1-7,10-11,17-19H,8-9,12-14H2. The molecule has 0 radical (unpaired) electrons. The van der Waals surface area contributed by atoms with E-state index in [4.69, 9.17) is 0 Å². The van der Waals surface area contributed by atoms with Crippen molar-refractivity contribution < 1.29 is 31.5 Å². The summed E-state index contributed by atoms with van der Waals surface area (Å²) in [5, 5.41) is 0. The molecule has 4 rings (SSSR count). The zero-order valence-corrected chi connectivity index (χ0v) is 16.6. The van der Waals surface area contributed by atoms with Crippen molar-refractivity contribution in [3.63, 3.8) is 0 Å². The zero-order valence-electron chi connectivity index (χ0n) is 16.6. The second-order valence-corrected chi connectivity index (χ2v) is 8.22. The van der Waals surface area contributed by atoms with E-state index < -0.39 is 18.0 Å². The van der Waals surface area contributed by atoms with Crippen molar-refractivity contribution in [2.75, 3.05) is 0 Å². The van der Waals surface area contributed by atoms with Crippen LogP contribution >= 0.6 is 0 Å². The third-order valence-electron chi connectivity index (χ3n) is 6.18. The molecule has 2 heterocycles. The number of ether oxygens (including phenoxy) is 1. The smallest absolute Gasteiger partial charge is 0.426 e. The molecule has 2 aromatic carbocycles. The molecule has 0 N–H and O–H groups in total. The van der Waals surface area contributed by atoms with E-state index in [-0.39, 0.29) is 11.7 Å². The molecule has 0 saturated carbocycles. The molecule has 0 aliphatic carbocycles. The number of hydrogen-bond donors (Lipinski definition) is 0. The van der Waals surface area contributed by atoms with Gasteiger partial charge in [0.05, 0.1) is 0 Å². The van der Waals surface area contributed by atoms with Crippen LogP contribution in [0.2, 0.25) is 0 Å². The molecule has 3 nitrogen and oxygen atoms in total. The van der Waals surface area contributed by atoms with E-state index in [1.54, 1.807) is 0 Å². The Hall–Kier alpha value is -2.48. The van der Waals surface area contributed by atoms with Crippen molar-refractivity contribution in [1.82, 2.24) is 4.90 Å². The molecule has 8 heteroatoms. The fraction of sp³-hybridized carbons (Fsp3) is 0.435. The molecule has 2 fully saturated rings. The Kier molecular flexibility index (Phi) is 5.77. The molecule has 2 bridgehead atoms. The molecule has 166 valence electrons. The van der Waals surface area contributed by atoms with Crippen LogP contribution in [0.3, 0.4) is 0 Å². The van der Waals surface area contributed by atoms with Crippen LogP contribution < -0.4 is 4.74 Å². The molecule has 0 spiro atoms. The van der Waals surface area contributed by atoms with Gasteiger partial charge >= 0.3 is 12.3 Å². The molecule has 2 aromatic rings. The average Bonchev–Trinajstić information content (AvgIpc) is 2.95. The minimum absolute atomic E-state index is 0.106. The Bertz CT molecular complexity index is 900. The van der Waals surface area contributed by atoms with Crippen LogP contribution in [0.25, 0.3) is 0 Å². The topological polar surface area (TPSA) is 29.5 Å². The Morgan fingerprint density at radius 2 is 1.48 bits per heavy atom. The minimum Gasteiger partial charge on any atom is -0.426 e. The number of halogens is 5. The van der Waals surface area contributed by atoms with Gasteiger partial charge in [0.1, 0.15) is 5.75 Å². The molecule has 0 amide bonds. The number of alkyl halides is 5. The second kappa shape index (κ2) is 8.22. The first-order valence-corrected chi connectivity index (χ1v) is 10.2. The molecule has 0 aromatic heterocycles. The van der Waals surface area contributed by atoms with E-state index in [1.165, 1.54) is 17.7 Å². The first-order chi connectivity index (χ1) is 14.6. The van der Waals surface area contributed by atoms with Gasteiger partial charge < -0.3 is 4.74 Å². The molecule has 2 atom stereocenters. The van der Waals surface area contributed by atoms with Crippen LogP contribution in [0, 0.1) is 5.92 Å². The summed E-state index contributed by atoms with van der Waals surface area (Å²) in [5.74, 6) is -0.935. The lowest BCUT2D eigenvalue weighted by atomic mass is 9.84. The molecule has 2 aliphatic heterocycles. The Morgan fingerprint density at radius 1 is 0.903 bits per heavy atom. The maximum atomic E-state index is 13.0. The minimum atomic E-state index is -5.81. The molecular weight excluding hydrogens is 417 g/mol. The number of piperidine rings is 1. The van der Waals surface area contributed by atoms with E-state index in [9.17, 15) is 26.7 Å². The highest BCUT2D eigenvalue weighted by Crippen LogP contribution is 2.41. The van der Waals surface area contributed by atoms with Crippen LogP contribution in [-0.4, -0.2) is 35.1 Å². The Labute approximate surface area is 176 Å². The molecule has 2 aliphatic rings. The lowest BCUT2D eigenvalue weighted by molar-refractivity contribution is -0.360. The first-order valence-electron chi connectivity index (χ1n) is 10.2. The summed E-state index contributed by atoms with van der Waals surface area (Å²) < 4.78 is 66.7. The average molecular weight is 439 g/mol. The number of rotatable bonds is 6. The van der Waals surface area contributed by atoms with Crippen LogP contribution in [-0.2, 0) is 6.54 Å². The summed E-state index contributed by atoms with van der Waals surface area (Å²) in [6.07, 6.45) is -7.61. The van der Waals surface area contributed by atoms with Gasteiger partial charge in [0.15, 0.2) is 5.78 Å². The van der Waals surface area contributed by atoms with Crippen molar-refractivity contribution in [2.24, 2.45) is 5.92 Å². The Balaban J connectivity index is 1.40. The number of hydrogen-bond acceptors (Lipinski definition) is 3. The highest BCUT2D eigenvalue weighted by Gasteiger charge is 2.61. The van der Waals surface area contributed by atoms with E-state index in [0.717, 1.165) is 31.5 Å². The highest BCUT2D eigenvalue weighted by atomic mass is 19.4. The molecular formula is C23H22F5NO2. The summed E-state index contributed by atoms with van der Waals surface area (Å²) in [6.45, 7) is 0.844. The number of benzene rings is 2. The number of nitrogens with zero attached hydrogens (tertiary/aromatic N) is 1. The van der Waals surface area contributed by atoms with Crippen molar-refractivity contribution >= 4 is 5.78 Å². The van der Waals surface area contributed by atoms with Gasteiger partial charge in [-0.3, -0.25) is 9.69 Å². The quantitative estimate of drug-likeness (QED) is 0.418. The van der Waals surface area contributed by atoms with Crippen molar-refractivity contribution in [3.8, 4) is 5.75 Å². The molecule has 2 unspecified atom stereocenters. The van der Waals surface area contributed by atoms with Crippen LogP contribution in [0.4, 0.5) is 22.0 Å². The maximum absolute atomic E-state index is 13.0. The van der Waals surface area contributed by atoms with Gasteiger partial charge in [0, 0.05) is 30.1 Å². The maximum Gasteiger partial charge on any atom is 0.499 e. The number of Topliss-reactive ketones (excluding diaryl/α,β-unsaturated/α-hetero) is 1. The SMILES string of the molecule is O=C(c1ccc(OC(F)(F)C(F)(F)F)cc1)C1CC2CCC(C1)N2Cc1ccccc1. The molecule has 31 heavy (non-hydrogen) atoms. The number of fused-ring (bicyclic) bond motifs is 2. The van der Waals surface area contributed by atoms with Crippen LogP contribution in [0.15, 0.2) is 54.6 Å². The van der Waals surface area contributed by atoms with E-state index in [1.807, 2.05) is 18.2 Å². The number of ketones is 1. The summed E-state index contributed by atoms with van der Waals surface area (Å²) in [6, 6.07) is 15.2. The normalized spacial score (nSPS) is 24.2. The zero-order chi connectivity index (χ0) is 22.2. The lowest BCUT2D eigenvalue weighted by Gasteiger charge is -2.38. The van der Waals surface area contributed by atoms with Gasteiger partial charge in [-0.05, 0) is 55.5 Å². The highest BCUT2D eigenvalue weighted by molar-refractivity contribution is 5.98. The van der Waals surface area contributed by atoms with E-state index >= 15 is 0 Å². The largest absolute Gasteiger partial charge is 0.499 e. The van der Waals surface area contributed by atoms with E-state index in [0.29, 0.717) is 30.5 Å². The van der Waals surface area contributed by atoms with Crippen LogP contribution in [0.1, 0.15) is 41.6 Å². The van der Waals surface area contributed by atoms with Crippen LogP contribution in [0.5, 0.6) is 5.75 Å². The Morgan fingerprint density at radius 3 is 2.03 bits per heavy atom. The van der Waals surface area contributed by atoms with Crippen molar-refractivity contribution in [1.29, 1.82) is 0 Å². The third kappa shape index (κ3) is 4.59. The lowest BCUT2D eigenvalue weighted by Crippen LogP contribution is -2.44. The third-order valence-corrected chi connectivity index (χ3v) is 6.18. The van der Waals surface area contributed by atoms with Gasteiger partial charge in [-0.25, -0.2) is 0 Å². The summed E-state index contributed by atoms with van der Waals surface area (Å²) >= 11 is 0. The van der Waals surface area contributed by atoms with Gasteiger partial charge in [0.2, 0.25) is 0 Å². The van der Waals surface area contributed by atoms with Gasteiger partial charge in [-0.2, -0.15) is 22.0 Å². The first kappa shape index (κ1) is 21.7. The fourth-order valence-electron chi connectivity index (χ4n) is 4.67. The van der Waals surface area contributed by atoms with E-state index in [2.05, 4.69) is 21.8 Å². The van der Waals surface area contributed by atoms with Gasteiger partial charge in [-0.15, -0.1) is 0 Å². The second-order valence-electron chi connectivity index (χ2n) is 8.22. The predicted octanol–water partition coefficient (Wildman–Crippen LogP) is 5.85. The van der Waals surface area contributed by atoms with Crippen molar-refractivity contribution in [3.05, 3.63) is 65.7 Å². The van der Waals surface area contributed by atoms with Gasteiger partial charge in [-0.1, -0.05) is 30.3 Å². The van der Waals surface area contributed by atoms with Crippen molar-refractivity contribution in [2.45, 2.75) is 56.6 Å². The summed E-state index contributed by atoms with van der Waals surface area (Å²) in [5.41, 5.74) is 1.53. The summed E-state index contributed by atoms with van der Waals surface area (Å²) in [4.78, 5) is 15.4. The fourth-order valence-corrected chi connectivity index (χ4v) is 4.67. The number of carbonyl (C=O) groups excluding carboxylic acids is 1.